The van der Waals surface area contributed by atoms with Crippen molar-refractivity contribution in [1.29, 1.82) is 0 Å². The zero-order chi connectivity index (χ0) is 18.4. The van der Waals surface area contributed by atoms with E-state index in [1.807, 2.05) is 29.3 Å². The van der Waals surface area contributed by atoms with Crippen LogP contribution < -0.4 is 4.74 Å². The molecule has 0 spiro atoms. The molecule has 3 aromatic rings. The van der Waals surface area contributed by atoms with Crippen LogP contribution in [0.25, 0.3) is 0 Å². The average Bonchev–Trinajstić information content (AvgIpc) is 3.13. The highest BCUT2D eigenvalue weighted by atomic mass is 19.1. The minimum absolute atomic E-state index is 0.0829. The van der Waals surface area contributed by atoms with Crippen LogP contribution in [0.3, 0.4) is 0 Å². The van der Waals surface area contributed by atoms with E-state index in [0.29, 0.717) is 0 Å². The highest BCUT2D eigenvalue weighted by molar-refractivity contribution is 6.02. The maximum Gasteiger partial charge on any atom is 0.213 e. The summed E-state index contributed by atoms with van der Waals surface area (Å²) in [5, 5.41) is 6.88. The Balaban J connectivity index is 1.60. The Morgan fingerprint density at radius 1 is 1.00 bits per heavy atom. The summed E-state index contributed by atoms with van der Waals surface area (Å²) in [4.78, 5) is 0. The monoisotopic (exact) mass is 358 g/mol. The molecule has 2 aliphatic heterocycles. The summed E-state index contributed by atoms with van der Waals surface area (Å²) in [6.45, 7) is 2.08. The molecule has 0 radical (unpaired) electrons. The summed E-state index contributed by atoms with van der Waals surface area (Å²) in [7, 11) is 0. The lowest BCUT2D eigenvalue weighted by Crippen LogP contribution is -2.33. The summed E-state index contributed by atoms with van der Waals surface area (Å²) in [5.74, 6) is 0.571. The molecule has 27 heavy (non-hydrogen) atoms. The van der Waals surface area contributed by atoms with E-state index in [-0.39, 0.29) is 11.9 Å². The lowest BCUT2D eigenvalue weighted by Gasteiger charge is -2.38. The zero-order valence-corrected chi connectivity index (χ0v) is 15.0. The third-order valence-electron chi connectivity index (χ3n) is 5.22. The number of benzene rings is 3. The van der Waals surface area contributed by atoms with Crippen LogP contribution in [0, 0.1) is 12.7 Å². The number of hydrazone groups is 1. The molecule has 0 aromatic heterocycles. The minimum atomic E-state index is -0.441. The van der Waals surface area contributed by atoms with E-state index in [1.54, 1.807) is 6.07 Å². The molecule has 0 fully saturated rings. The van der Waals surface area contributed by atoms with Gasteiger partial charge in [-0.15, -0.1) is 0 Å². The van der Waals surface area contributed by atoms with Crippen LogP contribution in [0.5, 0.6) is 5.75 Å². The molecule has 0 saturated heterocycles. The fourth-order valence-electron chi connectivity index (χ4n) is 3.83. The van der Waals surface area contributed by atoms with Crippen molar-refractivity contribution < 1.29 is 9.13 Å². The number of para-hydroxylation sites is 1. The fourth-order valence-corrected chi connectivity index (χ4v) is 3.83. The molecule has 5 rings (SSSR count). The van der Waals surface area contributed by atoms with E-state index in [4.69, 9.17) is 9.84 Å². The van der Waals surface area contributed by atoms with Crippen molar-refractivity contribution in [2.75, 3.05) is 0 Å². The van der Waals surface area contributed by atoms with E-state index in [0.717, 1.165) is 34.6 Å². The SMILES string of the molecule is Cc1ccc(C2=NN3[C@H](C2)c2ccccc2O[C@H]3c2cccc(F)c2)cc1. The van der Waals surface area contributed by atoms with E-state index >= 15 is 0 Å². The second-order valence-electron chi connectivity index (χ2n) is 7.08. The first-order valence-corrected chi connectivity index (χ1v) is 9.13. The molecule has 2 aliphatic rings. The fraction of sp³-hybridized carbons (Fsp3) is 0.174. The van der Waals surface area contributed by atoms with Crippen molar-refractivity contribution >= 4 is 5.71 Å². The first-order chi connectivity index (χ1) is 13.2. The topological polar surface area (TPSA) is 24.8 Å². The maximum atomic E-state index is 13.8. The van der Waals surface area contributed by atoms with Gasteiger partial charge in [-0.05, 0) is 30.7 Å². The van der Waals surface area contributed by atoms with Crippen LogP contribution in [-0.4, -0.2) is 10.7 Å². The first-order valence-electron chi connectivity index (χ1n) is 9.13. The predicted octanol–water partition coefficient (Wildman–Crippen LogP) is 5.38. The number of ether oxygens (including phenoxy) is 1. The van der Waals surface area contributed by atoms with Crippen LogP contribution in [0.1, 0.15) is 40.9 Å². The third kappa shape index (κ3) is 2.78. The number of hydrogen-bond donors (Lipinski definition) is 0. The van der Waals surface area contributed by atoms with Crippen LogP contribution >= 0.6 is 0 Å². The van der Waals surface area contributed by atoms with Crippen molar-refractivity contribution in [3.8, 4) is 5.75 Å². The van der Waals surface area contributed by atoms with Gasteiger partial charge in [-0.1, -0.05) is 60.2 Å². The molecule has 4 heteroatoms. The van der Waals surface area contributed by atoms with E-state index in [2.05, 4.69) is 37.3 Å². The normalized spacial score (nSPS) is 20.5. The molecule has 0 amide bonds. The summed E-state index contributed by atoms with van der Waals surface area (Å²) in [6.07, 6.45) is 0.360. The van der Waals surface area contributed by atoms with Gasteiger partial charge in [0.1, 0.15) is 11.6 Å². The molecule has 0 aliphatic carbocycles. The first kappa shape index (κ1) is 16.1. The number of nitrogens with zero attached hydrogens (tertiary/aromatic N) is 2. The van der Waals surface area contributed by atoms with Crippen LogP contribution in [0.2, 0.25) is 0 Å². The van der Waals surface area contributed by atoms with Gasteiger partial charge >= 0.3 is 0 Å². The highest BCUT2D eigenvalue weighted by Crippen LogP contribution is 2.47. The Labute approximate surface area is 157 Å². The van der Waals surface area contributed by atoms with Gasteiger partial charge in [0.2, 0.25) is 6.23 Å². The molecule has 0 saturated carbocycles. The Hall–Kier alpha value is -3.14. The molecule has 0 N–H and O–H groups in total. The molecular weight excluding hydrogens is 339 g/mol. The van der Waals surface area contributed by atoms with Crippen molar-refractivity contribution in [1.82, 2.24) is 5.01 Å². The largest absolute Gasteiger partial charge is 0.464 e. The van der Waals surface area contributed by atoms with Gasteiger partial charge in [-0.2, -0.15) is 5.10 Å². The zero-order valence-electron chi connectivity index (χ0n) is 15.0. The molecule has 2 atom stereocenters. The van der Waals surface area contributed by atoms with Gasteiger partial charge in [-0.3, -0.25) is 0 Å². The highest BCUT2D eigenvalue weighted by Gasteiger charge is 2.40. The Morgan fingerprint density at radius 2 is 1.81 bits per heavy atom. The molecule has 134 valence electrons. The number of aryl methyl sites for hydroxylation is 1. The predicted molar refractivity (Wildman–Crippen MR) is 103 cm³/mol. The smallest absolute Gasteiger partial charge is 0.213 e. The number of fused-ring (bicyclic) bond motifs is 3. The molecule has 3 nitrogen and oxygen atoms in total. The Morgan fingerprint density at radius 3 is 2.63 bits per heavy atom. The lowest BCUT2D eigenvalue weighted by molar-refractivity contribution is -0.0192. The summed E-state index contributed by atoms with van der Waals surface area (Å²) < 4.78 is 20.1. The van der Waals surface area contributed by atoms with Crippen molar-refractivity contribution in [2.45, 2.75) is 25.6 Å². The molecule has 0 unspecified atom stereocenters. The lowest BCUT2D eigenvalue weighted by atomic mass is 9.95. The number of hydrogen-bond acceptors (Lipinski definition) is 3. The summed E-state index contributed by atoms with van der Waals surface area (Å²) >= 11 is 0. The molecule has 0 bridgehead atoms. The Bertz CT molecular complexity index is 1030. The van der Waals surface area contributed by atoms with Gasteiger partial charge in [-0.25, -0.2) is 9.40 Å². The van der Waals surface area contributed by atoms with Crippen molar-refractivity contribution in [3.63, 3.8) is 0 Å². The third-order valence-corrected chi connectivity index (χ3v) is 5.22. The van der Waals surface area contributed by atoms with Gasteiger partial charge in [0, 0.05) is 17.5 Å². The van der Waals surface area contributed by atoms with Crippen molar-refractivity contribution in [3.05, 3.63) is 101 Å². The molecular formula is C23H19FN2O. The second-order valence-corrected chi connectivity index (χ2v) is 7.08. The molecule has 2 heterocycles. The maximum absolute atomic E-state index is 13.8. The number of rotatable bonds is 2. The second kappa shape index (κ2) is 6.23. The van der Waals surface area contributed by atoms with E-state index < -0.39 is 6.23 Å². The van der Waals surface area contributed by atoms with Crippen molar-refractivity contribution in [2.24, 2.45) is 5.10 Å². The van der Waals surface area contributed by atoms with Crippen LogP contribution in [0.4, 0.5) is 4.39 Å². The summed E-state index contributed by atoms with van der Waals surface area (Å²) in [6, 6.07) is 23.1. The van der Waals surface area contributed by atoms with Crippen LogP contribution in [0.15, 0.2) is 77.9 Å². The quantitative estimate of drug-likeness (QED) is 0.615. The summed E-state index contributed by atoms with van der Waals surface area (Å²) in [5.41, 5.74) is 5.26. The average molecular weight is 358 g/mol. The molecule has 3 aromatic carbocycles. The van der Waals surface area contributed by atoms with E-state index in [1.165, 1.54) is 17.7 Å². The van der Waals surface area contributed by atoms with E-state index in [9.17, 15) is 4.39 Å². The van der Waals surface area contributed by atoms with Gasteiger partial charge in [0.05, 0.1) is 11.8 Å². The number of halogens is 1. The van der Waals surface area contributed by atoms with Gasteiger partial charge in [0.25, 0.3) is 0 Å². The standard InChI is InChI=1S/C23H19FN2O/c1-15-9-11-16(12-10-15)20-14-21-19-7-2-3-8-22(19)27-23(26(21)25-20)17-5-4-6-18(24)13-17/h2-13,21,23H,14H2,1H3/t21-,23+/m1/s1. The van der Waals surface area contributed by atoms with Crippen LogP contribution in [-0.2, 0) is 0 Å². The minimum Gasteiger partial charge on any atom is -0.464 e. The Kier molecular flexibility index (Phi) is 3.71. The van der Waals surface area contributed by atoms with Gasteiger partial charge < -0.3 is 4.74 Å². The van der Waals surface area contributed by atoms with Gasteiger partial charge in [0.15, 0.2) is 0 Å².